The fourth-order valence-corrected chi connectivity index (χ4v) is 5.52. The first kappa shape index (κ1) is 18.1. The van der Waals surface area contributed by atoms with E-state index in [0.29, 0.717) is 29.7 Å². The van der Waals surface area contributed by atoms with Gasteiger partial charge in [-0.05, 0) is 37.1 Å². The van der Waals surface area contributed by atoms with Crippen LogP contribution in [0, 0.1) is 0 Å². The number of amides is 1. The average Bonchev–Trinajstić information content (AvgIpc) is 2.90. The predicted octanol–water partition coefficient (Wildman–Crippen LogP) is 2.65. The summed E-state index contributed by atoms with van der Waals surface area (Å²) in [7, 11) is 0. The molecule has 1 heterocycles. The lowest BCUT2D eigenvalue weighted by Gasteiger charge is -2.40. The number of fused-ring (bicyclic) bond motifs is 2. The van der Waals surface area contributed by atoms with Crippen molar-refractivity contribution in [1.82, 2.24) is 5.32 Å². The summed E-state index contributed by atoms with van der Waals surface area (Å²) in [5, 5.41) is 13.7. The molecule has 1 aliphatic heterocycles. The maximum absolute atomic E-state index is 12.6. The molecular weight excluding hydrogens is 362 g/mol. The fourth-order valence-electron chi connectivity index (χ4n) is 3.80. The van der Waals surface area contributed by atoms with Crippen LogP contribution in [0.3, 0.4) is 0 Å². The van der Waals surface area contributed by atoms with E-state index in [1.165, 1.54) is 0 Å². The van der Waals surface area contributed by atoms with Crippen LogP contribution in [0.15, 0.2) is 60.7 Å². The van der Waals surface area contributed by atoms with Gasteiger partial charge in [0, 0.05) is 11.3 Å². The quantitative estimate of drug-likeness (QED) is 0.794. The van der Waals surface area contributed by atoms with Crippen LogP contribution in [-0.4, -0.2) is 45.7 Å². The lowest BCUT2D eigenvalue weighted by Crippen LogP contribution is -2.61. The van der Waals surface area contributed by atoms with E-state index < -0.39 is 11.6 Å². The van der Waals surface area contributed by atoms with Crippen molar-refractivity contribution in [2.45, 2.75) is 35.8 Å². The van der Waals surface area contributed by atoms with Crippen LogP contribution in [-0.2, 0) is 4.74 Å². The highest BCUT2D eigenvalue weighted by molar-refractivity contribution is 8.00. The van der Waals surface area contributed by atoms with Gasteiger partial charge >= 0.3 is 5.97 Å². The molecule has 5 nitrogen and oxygen atoms in total. The number of hydrogen-bond acceptors (Lipinski definition) is 5. The zero-order valence-electron chi connectivity index (χ0n) is 14.7. The molecule has 0 radical (unpaired) electrons. The van der Waals surface area contributed by atoms with Gasteiger partial charge in [0.15, 0.2) is 0 Å². The van der Waals surface area contributed by atoms with E-state index in [-0.39, 0.29) is 23.2 Å². The van der Waals surface area contributed by atoms with Gasteiger partial charge in [0.05, 0.1) is 22.5 Å². The maximum atomic E-state index is 12.6. The molecule has 1 aliphatic carbocycles. The Morgan fingerprint density at radius 3 is 2.33 bits per heavy atom. The third-order valence-electron chi connectivity index (χ3n) is 5.32. The van der Waals surface area contributed by atoms with Crippen LogP contribution in [0.5, 0.6) is 0 Å². The minimum Gasteiger partial charge on any atom is -0.457 e. The molecule has 0 aromatic heterocycles. The molecule has 0 unspecified atom stereocenters. The third kappa shape index (κ3) is 3.47. The van der Waals surface area contributed by atoms with Crippen molar-refractivity contribution < 1.29 is 19.4 Å². The van der Waals surface area contributed by atoms with Gasteiger partial charge in [-0.2, -0.15) is 0 Å². The molecule has 2 N–H and O–H groups in total. The van der Waals surface area contributed by atoms with Gasteiger partial charge in [-0.15, -0.1) is 11.8 Å². The first-order chi connectivity index (χ1) is 13.1. The molecule has 2 aliphatic rings. The molecule has 1 amide bonds. The largest absolute Gasteiger partial charge is 0.457 e. The first-order valence-corrected chi connectivity index (χ1v) is 10.1. The van der Waals surface area contributed by atoms with Crippen molar-refractivity contribution in [1.29, 1.82) is 0 Å². The van der Waals surface area contributed by atoms with Crippen molar-refractivity contribution in [3.05, 3.63) is 71.8 Å². The molecule has 2 bridgehead atoms. The minimum absolute atomic E-state index is 0.185. The molecule has 1 saturated carbocycles. The Labute approximate surface area is 162 Å². The predicted molar refractivity (Wildman–Crippen MR) is 104 cm³/mol. The highest BCUT2D eigenvalue weighted by atomic mass is 32.2. The number of hydrogen-bond donors (Lipinski definition) is 2. The molecule has 27 heavy (non-hydrogen) atoms. The van der Waals surface area contributed by atoms with Crippen LogP contribution in [0.4, 0.5) is 0 Å². The van der Waals surface area contributed by atoms with E-state index in [1.807, 2.05) is 24.3 Å². The van der Waals surface area contributed by atoms with Gasteiger partial charge in [-0.3, -0.25) is 4.79 Å². The van der Waals surface area contributed by atoms with Crippen LogP contribution < -0.4 is 5.32 Å². The summed E-state index contributed by atoms with van der Waals surface area (Å²) in [6, 6.07) is 17.9. The fraction of sp³-hybridized carbons (Fsp3) is 0.333. The van der Waals surface area contributed by atoms with Gasteiger partial charge < -0.3 is 15.2 Å². The zero-order chi connectivity index (χ0) is 18.9. The Morgan fingerprint density at radius 2 is 1.67 bits per heavy atom. The van der Waals surface area contributed by atoms with Gasteiger partial charge in [-0.1, -0.05) is 36.4 Å². The number of nitrogens with one attached hydrogen (secondary N) is 1. The van der Waals surface area contributed by atoms with Crippen LogP contribution >= 0.6 is 11.8 Å². The normalized spacial score (nSPS) is 29.1. The molecule has 6 heteroatoms. The van der Waals surface area contributed by atoms with Crippen LogP contribution in [0.1, 0.15) is 33.6 Å². The SMILES string of the molecule is O=C(N[C@@]12CC[C@H](OC(=O)c3ccccc3)[C@H](SC1)[C@H]2O)c1ccccc1. The molecule has 140 valence electrons. The smallest absolute Gasteiger partial charge is 0.338 e. The molecule has 2 fully saturated rings. The van der Waals surface area contributed by atoms with E-state index in [0.717, 1.165) is 0 Å². The van der Waals surface area contributed by atoms with Gasteiger partial charge in [-0.25, -0.2) is 4.79 Å². The topological polar surface area (TPSA) is 75.6 Å². The summed E-state index contributed by atoms with van der Waals surface area (Å²) in [6.45, 7) is 0. The Kier molecular flexibility index (Phi) is 4.93. The molecule has 4 atom stereocenters. The summed E-state index contributed by atoms with van der Waals surface area (Å²) in [4.78, 5) is 24.9. The van der Waals surface area contributed by atoms with E-state index in [1.54, 1.807) is 48.2 Å². The number of aliphatic hydroxyl groups is 1. The lowest BCUT2D eigenvalue weighted by molar-refractivity contribution is -0.0227. The van der Waals surface area contributed by atoms with E-state index in [9.17, 15) is 14.7 Å². The molecule has 0 spiro atoms. The number of esters is 1. The van der Waals surface area contributed by atoms with Crippen molar-refractivity contribution in [3.63, 3.8) is 0 Å². The maximum Gasteiger partial charge on any atom is 0.338 e. The van der Waals surface area contributed by atoms with Gasteiger partial charge in [0.25, 0.3) is 5.91 Å². The van der Waals surface area contributed by atoms with E-state index >= 15 is 0 Å². The van der Waals surface area contributed by atoms with Crippen LogP contribution in [0.2, 0.25) is 0 Å². The van der Waals surface area contributed by atoms with Gasteiger partial charge in [0.2, 0.25) is 0 Å². The summed E-state index contributed by atoms with van der Waals surface area (Å²) >= 11 is 1.56. The Bertz CT molecular complexity index is 829. The number of rotatable bonds is 4. The van der Waals surface area contributed by atoms with Crippen molar-refractivity contribution in [2.75, 3.05) is 5.75 Å². The molecule has 1 saturated heterocycles. The van der Waals surface area contributed by atoms with Crippen molar-refractivity contribution in [2.24, 2.45) is 0 Å². The standard InChI is InChI=1S/C21H21NO4S/c23-18-17-16(26-20(25)15-9-5-2-6-10-15)11-12-21(18,13-27-17)22-19(24)14-7-3-1-4-8-14/h1-10,16-18,23H,11-13H2,(H,22,24)/t16-,17-,18+,21-/m0/s1. The van der Waals surface area contributed by atoms with Gasteiger partial charge in [0.1, 0.15) is 6.10 Å². The van der Waals surface area contributed by atoms with Crippen molar-refractivity contribution in [3.8, 4) is 0 Å². The number of benzene rings is 2. The second-order valence-electron chi connectivity index (χ2n) is 7.05. The number of thioether (sulfide) groups is 1. The Hall–Kier alpha value is -2.31. The number of aliphatic hydroxyl groups excluding tert-OH is 1. The summed E-state index contributed by atoms with van der Waals surface area (Å²) < 4.78 is 5.68. The number of carbonyl (C=O) groups is 2. The molecule has 2 aromatic rings. The van der Waals surface area contributed by atoms with E-state index in [2.05, 4.69) is 5.32 Å². The molecular formula is C21H21NO4S. The molecule has 2 aromatic carbocycles. The molecule has 4 rings (SSSR count). The second-order valence-corrected chi connectivity index (χ2v) is 8.21. The Balaban J connectivity index is 1.44. The summed E-state index contributed by atoms with van der Waals surface area (Å²) in [5.74, 6) is 0.0494. The highest BCUT2D eigenvalue weighted by Crippen LogP contribution is 2.46. The monoisotopic (exact) mass is 383 g/mol. The lowest BCUT2D eigenvalue weighted by atomic mass is 9.79. The second kappa shape index (κ2) is 7.37. The van der Waals surface area contributed by atoms with E-state index in [4.69, 9.17) is 4.74 Å². The minimum atomic E-state index is -0.752. The average molecular weight is 383 g/mol. The van der Waals surface area contributed by atoms with Crippen LogP contribution in [0.25, 0.3) is 0 Å². The number of ether oxygens (including phenoxy) is 1. The highest BCUT2D eigenvalue weighted by Gasteiger charge is 2.56. The number of carbonyl (C=O) groups excluding carboxylic acids is 2. The third-order valence-corrected chi connectivity index (χ3v) is 6.95. The zero-order valence-corrected chi connectivity index (χ0v) is 15.5. The summed E-state index contributed by atoms with van der Waals surface area (Å²) in [5.41, 5.74) is 0.409. The van der Waals surface area contributed by atoms with Crippen molar-refractivity contribution >= 4 is 23.6 Å². The first-order valence-electron chi connectivity index (χ1n) is 9.02. The summed E-state index contributed by atoms with van der Waals surface area (Å²) in [6.07, 6.45) is 0.0742. The Morgan fingerprint density at radius 1 is 1.04 bits per heavy atom.